The van der Waals surface area contributed by atoms with Crippen molar-refractivity contribution in [2.75, 3.05) is 18.5 Å². The summed E-state index contributed by atoms with van der Waals surface area (Å²) in [7, 11) is 0. The molecule has 4 aromatic rings. The molecule has 0 aliphatic heterocycles. The van der Waals surface area contributed by atoms with E-state index in [0.29, 0.717) is 18.9 Å². The summed E-state index contributed by atoms with van der Waals surface area (Å²) in [6.07, 6.45) is 2.43. The molecule has 0 unspecified atom stereocenters. The van der Waals surface area contributed by atoms with E-state index in [9.17, 15) is 0 Å². The van der Waals surface area contributed by atoms with Crippen molar-refractivity contribution >= 4 is 11.6 Å². The first-order valence-electron chi connectivity index (χ1n) is 9.36. The van der Waals surface area contributed by atoms with Crippen molar-refractivity contribution in [2.24, 2.45) is 0 Å². The molecule has 0 radical (unpaired) electrons. The number of hydrogen-bond acceptors (Lipinski definition) is 5. The van der Waals surface area contributed by atoms with Gasteiger partial charge in [-0.05, 0) is 43.0 Å². The van der Waals surface area contributed by atoms with Gasteiger partial charge in [-0.25, -0.2) is 4.98 Å². The molecule has 0 bridgehead atoms. The van der Waals surface area contributed by atoms with Gasteiger partial charge in [0, 0.05) is 11.8 Å². The van der Waals surface area contributed by atoms with Crippen LogP contribution in [0.15, 0.2) is 60.9 Å². The van der Waals surface area contributed by atoms with Crippen LogP contribution in [0.3, 0.4) is 0 Å². The van der Waals surface area contributed by atoms with Gasteiger partial charge in [0.1, 0.15) is 24.5 Å². The summed E-state index contributed by atoms with van der Waals surface area (Å²) in [5, 5.41) is 7.54. The van der Waals surface area contributed by atoms with Crippen LogP contribution >= 0.6 is 0 Å². The summed E-state index contributed by atoms with van der Waals surface area (Å²) in [5.74, 6) is 2.36. The van der Waals surface area contributed by atoms with Crippen LogP contribution in [0.25, 0.3) is 5.78 Å². The van der Waals surface area contributed by atoms with E-state index in [1.807, 2.05) is 19.1 Å². The number of rotatable bonds is 7. The summed E-state index contributed by atoms with van der Waals surface area (Å²) in [5.41, 5.74) is 4.64. The van der Waals surface area contributed by atoms with Crippen LogP contribution in [0.1, 0.15) is 22.4 Å². The molecule has 0 spiro atoms. The minimum Gasteiger partial charge on any atom is -0.491 e. The topological polar surface area (TPSA) is 64.3 Å². The average Bonchev–Trinajstić information content (AvgIpc) is 3.16. The molecule has 0 amide bonds. The largest absolute Gasteiger partial charge is 0.491 e. The Morgan fingerprint density at radius 2 is 1.86 bits per heavy atom. The summed E-state index contributed by atoms with van der Waals surface area (Å²) in [6.45, 7) is 5.24. The Kier molecular flexibility index (Phi) is 5.19. The zero-order valence-corrected chi connectivity index (χ0v) is 16.1. The summed E-state index contributed by atoms with van der Waals surface area (Å²) < 4.78 is 7.66. The second-order valence-electron chi connectivity index (χ2n) is 6.79. The third-order valence-electron chi connectivity index (χ3n) is 4.54. The fraction of sp³-hybridized carbons (Fsp3) is 0.227. The maximum Gasteiger partial charge on any atom is 0.254 e. The molecular formula is C22H23N5O. The van der Waals surface area contributed by atoms with Crippen LogP contribution in [0.4, 0.5) is 5.82 Å². The number of aromatic nitrogens is 4. The number of anilines is 1. The molecule has 2 aromatic carbocycles. The molecular weight excluding hydrogens is 350 g/mol. The van der Waals surface area contributed by atoms with Crippen molar-refractivity contribution in [1.29, 1.82) is 0 Å². The van der Waals surface area contributed by atoms with Gasteiger partial charge in [-0.15, -0.1) is 0 Å². The number of nitrogens with one attached hydrogen (secondary N) is 1. The second-order valence-corrected chi connectivity index (χ2v) is 6.79. The molecule has 142 valence electrons. The molecule has 0 saturated heterocycles. The lowest BCUT2D eigenvalue weighted by Gasteiger charge is -2.12. The maximum absolute atomic E-state index is 5.96. The molecule has 0 saturated carbocycles. The van der Waals surface area contributed by atoms with Crippen LogP contribution < -0.4 is 10.1 Å². The van der Waals surface area contributed by atoms with Crippen LogP contribution in [-0.2, 0) is 6.42 Å². The van der Waals surface area contributed by atoms with Crippen molar-refractivity contribution in [3.63, 3.8) is 0 Å². The molecule has 6 nitrogen and oxygen atoms in total. The Labute approximate surface area is 164 Å². The second kappa shape index (κ2) is 8.08. The molecule has 2 aromatic heterocycles. The fourth-order valence-corrected chi connectivity index (χ4v) is 3.21. The van der Waals surface area contributed by atoms with Crippen LogP contribution in [-0.4, -0.2) is 32.7 Å². The van der Waals surface area contributed by atoms with Crippen LogP contribution in [0, 0.1) is 13.8 Å². The molecule has 2 heterocycles. The van der Waals surface area contributed by atoms with E-state index < -0.39 is 0 Å². The number of nitrogens with zero attached hydrogens (tertiary/aromatic N) is 4. The number of hydrogen-bond donors (Lipinski definition) is 1. The van der Waals surface area contributed by atoms with E-state index in [1.165, 1.54) is 17.5 Å². The van der Waals surface area contributed by atoms with Gasteiger partial charge in [0.15, 0.2) is 0 Å². The SMILES string of the molecule is Cc1cc(NCCOc2ccc(Cc3ccccc3)cc2C)n2ncnc2n1. The Hall–Kier alpha value is -3.41. The van der Waals surface area contributed by atoms with Gasteiger partial charge < -0.3 is 10.1 Å². The first kappa shape index (κ1) is 18.0. The van der Waals surface area contributed by atoms with E-state index in [2.05, 4.69) is 69.8 Å². The molecule has 28 heavy (non-hydrogen) atoms. The monoisotopic (exact) mass is 373 g/mol. The van der Waals surface area contributed by atoms with E-state index in [-0.39, 0.29) is 0 Å². The van der Waals surface area contributed by atoms with E-state index >= 15 is 0 Å². The summed E-state index contributed by atoms with van der Waals surface area (Å²) in [4.78, 5) is 8.48. The lowest BCUT2D eigenvalue weighted by atomic mass is 10.0. The van der Waals surface area contributed by atoms with Gasteiger partial charge in [0.2, 0.25) is 0 Å². The standard InChI is InChI=1S/C22H23N5O/c1-16-12-19(14-18-6-4-3-5-7-18)8-9-20(16)28-11-10-23-21-13-17(2)26-22-24-15-25-27(21)22/h3-9,12-13,15,23H,10-11,14H2,1-2H3. The molecule has 0 aliphatic carbocycles. The molecule has 0 atom stereocenters. The zero-order valence-electron chi connectivity index (χ0n) is 16.1. The van der Waals surface area contributed by atoms with Crippen LogP contribution in [0.2, 0.25) is 0 Å². The highest BCUT2D eigenvalue weighted by Crippen LogP contribution is 2.21. The minimum atomic E-state index is 0.552. The molecule has 4 rings (SSSR count). The Morgan fingerprint density at radius 3 is 2.68 bits per heavy atom. The van der Waals surface area contributed by atoms with Crippen molar-refractivity contribution in [2.45, 2.75) is 20.3 Å². The molecule has 0 aliphatic rings. The Morgan fingerprint density at radius 1 is 1.00 bits per heavy atom. The highest BCUT2D eigenvalue weighted by atomic mass is 16.5. The highest BCUT2D eigenvalue weighted by Gasteiger charge is 2.06. The highest BCUT2D eigenvalue weighted by molar-refractivity contribution is 5.44. The zero-order chi connectivity index (χ0) is 19.3. The quantitative estimate of drug-likeness (QED) is 0.499. The van der Waals surface area contributed by atoms with Gasteiger partial charge >= 0.3 is 0 Å². The van der Waals surface area contributed by atoms with E-state index in [4.69, 9.17) is 4.74 Å². The van der Waals surface area contributed by atoms with E-state index in [0.717, 1.165) is 29.2 Å². The predicted octanol–water partition coefficient (Wildman–Crippen LogP) is 3.82. The summed E-state index contributed by atoms with van der Waals surface area (Å²) >= 11 is 0. The van der Waals surface area contributed by atoms with Gasteiger partial charge in [-0.1, -0.05) is 42.5 Å². The Bertz CT molecular complexity index is 1070. The first-order chi connectivity index (χ1) is 13.7. The van der Waals surface area contributed by atoms with E-state index in [1.54, 1.807) is 4.52 Å². The van der Waals surface area contributed by atoms with Gasteiger partial charge in [-0.3, -0.25) is 0 Å². The van der Waals surface area contributed by atoms with Crippen molar-refractivity contribution in [3.8, 4) is 5.75 Å². The normalized spacial score (nSPS) is 10.9. The summed E-state index contributed by atoms with van der Waals surface area (Å²) in [6, 6.07) is 18.8. The third-order valence-corrected chi connectivity index (χ3v) is 4.54. The minimum absolute atomic E-state index is 0.552. The maximum atomic E-state index is 5.96. The number of aryl methyl sites for hydroxylation is 2. The van der Waals surface area contributed by atoms with Crippen LogP contribution in [0.5, 0.6) is 5.75 Å². The number of benzene rings is 2. The van der Waals surface area contributed by atoms with Crippen molar-refractivity contribution in [3.05, 3.63) is 83.3 Å². The number of fused-ring (bicyclic) bond motifs is 1. The first-order valence-corrected chi connectivity index (χ1v) is 9.36. The van der Waals surface area contributed by atoms with Crippen molar-refractivity contribution < 1.29 is 4.74 Å². The smallest absolute Gasteiger partial charge is 0.254 e. The lowest BCUT2D eigenvalue weighted by Crippen LogP contribution is -2.15. The van der Waals surface area contributed by atoms with Gasteiger partial charge in [0.25, 0.3) is 5.78 Å². The van der Waals surface area contributed by atoms with Gasteiger partial charge in [-0.2, -0.15) is 14.6 Å². The van der Waals surface area contributed by atoms with Gasteiger partial charge in [0.05, 0.1) is 6.54 Å². The molecule has 1 N–H and O–H groups in total. The lowest BCUT2D eigenvalue weighted by molar-refractivity contribution is 0.330. The number of ether oxygens (including phenoxy) is 1. The predicted molar refractivity (Wildman–Crippen MR) is 110 cm³/mol. The molecule has 0 fully saturated rings. The molecule has 6 heteroatoms. The average molecular weight is 373 g/mol. The Balaban J connectivity index is 1.34. The third kappa shape index (κ3) is 4.11. The fourth-order valence-electron chi connectivity index (χ4n) is 3.21. The van der Waals surface area contributed by atoms with Crippen molar-refractivity contribution in [1.82, 2.24) is 19.6 Å².